The van der Waals surface area contributed by atoms with Crippen molar-refractivity contribution in [2.75, 3.05) is 20.1 Å². The molecule has 156 valence electrons. The first-order chi connectivity index (χ1) is 15.3. The molecule has 1 nitrogen and oxygen atoms in total. The molecule has 2 heteroatoms. The normalized spacial score (nSPS) is 20.0. The SMILES string of the molecule is CN1CCC(C2=C[CH]([Pb]([c]3ccccc3)([c]3ccccc3)[c]3ccccc3)C=C2)CC1. The monoisotopic (exact) mass is 601 g/mol. The van der Waals surface area contributed by atoms with Crippen molar-refractivity contribution < 1.29 is 0 Å². The second-order valence-corrected chi connectivity index (χ2v) is 24.6. The number of piperidine rings is 1. The predicted molar refractivity (Wildman–Crippen MR) is 135 cm³/mol. The van der Waals surface area contributed by atoms with Crippen molar-refractivity contribution in [1.82, 2.24) is 4.90 Å². The average molecular weight is 601 g/mol. The van der Waals surface area contributed by atoms with Gasteiger partial charge in [0.15, 0.2) is 0 Å². The molecule has 3 aromatic rings. The number of nitrogens with zero attached hydrogens (tertiary/aromatic N) is 1. The average Bonchev–Trinajstić information content (AvgIpc) is 3.33. The molecule has 1 fully saturated rings. The Morgan fingerprint density at radius 3 is 1.58 bits per heavy atom. The third kappa shape index (κ3) is 3.98. The molecule has 0 spiro atoms. The summed E-state index contributed by atoms with van der Waals surface area (Å²) in [4.78, 5) is 2.47. The molecule has 1 aliphatic carbocycles. The van der Waals surface area contributed by atoms with Crippen LogP contribution < -0.4 is 9.37 Å². The van der Waals surface area contributed by atoms with Gasteiger partial charge in [-0.15, -0.1) is 0 Å². The van der Waals surface area contributed by atoms with Crippen molar-refractivity contribution in [2.45, 2.75) is 16.3 Å². The third-order valence-corrected chi connectivity index (χ3v) is 27.0. The van der Waals surface area contributed by atoms with Gasteiger partial charge in [-0.3, -0.25) is 0 Å². The van der Waals surface area contributed by atoms with Gasteiger partial charge in [-0.1, -0.05) is 0 Å². The van der Waals surface area contributed by atoms with Crippen molar-refractivity contribution in [3.05, 3.63) is 115 Å². The van der Waals surface area contributed by atoms with Crippen LogP contribution in [0.4, 0.5) is 0 Å². The van der Waals surface area contributed by atoms with E-state index in [9.17, 15) is 0 Å². The zero-order chi connectivity index (χ0) is 21.1. The summed E-state index contributed by atoms with van der Waals surface area (Å²) in [6.45, 7) is 2.43. The molecule has 0 N–H and O–H groups in total. The Morgan fingerprint density at radius 1 is 0.677 bits per heavy atom. The van der Waals surface area contributed by atoms with Crippen LogP contribution in [0.5, 0.6) is 0 Å². The first-order valence-corrected chi connectivity index (χ1v) is 19.6. The van der Waals surface area contributed by atoms with Gasteiger partial charge in [0.25, 0.3) is 0 Å². The van der Waals surface area contributed by atoms with Crippen LogP contribution in [-0.4, -0.2) is 46.2 Å². The summed E-state index contributed by atoms with van der Waals surface area (Å²) in [5, 5.41) is 0. The van der Waals surface area contributed by atoms with Crippen LogP contribution in [-0.2, 0) is 0 Å². The van der Waals surface area contributed by atoms with Gasteiger partial charge >= 0.3 is 193 Å². The van der Waals surface area contributed by atoms with E-state index in [2.05, 4.69) is 121 Å². The zero-order valence-corrected chi connectivity index (χ0v) is 22.2. The predicted octanol–water partition coefficient (Wildman–Crippen LogP) is 4.37. The maximum absolute atomic E-state index is 3.51. The molecule has 0 amide bonds. The summed E-state index contributed by atoms with van der Waals surface area (Å²) in [7, 11) is 2.25. The van der Waals surface area contributed by atoms with Gasteiger partial charge in [-0.2, -0.15) is 0 Å². The van der Waals surface area contributed by atoms with E-state index in [4.69, 9.17) is 0 Å². The summed E-state index contributed by atoms with van der Waals surface area (Å²) in [6.07, 6.45) is 10.3. The Morgan fingerprint density at radius 2 is 1.13 bits per heavy atom. The summed E-state index contributed by atoms with van der Waals surface area (Å²) >= 11 is -3.51. The number of hydrogen-bond donors (Lipinski definition) is 0. The number of hydrogen-bond acceptors (Lipinski definition) is 1. The molecule has 1 aliphatic heterocycles. The van der Waals surface area contributed by atoms with Crippen LogP contribution >= 0.6 is 0 Å². The summed E-state index contributed by atoms with van der Waals surface area (Å²) in [5.74, 6) is 0.714. The fourth-order valence-corrected chi connectivity index (χ4v) is 25.6. The molecule has 3 aromatic carbocycles. The molecular weight excluding hydrogens is 570 g/mol. The second kappa shape index (κ2) is 9.25. The molecule has 0 aromatic heterocycles. The Hall–Kier alpha value is -1.98. The summed E-state index contributed by atoms with van der Waals surface area (Å²) < 4.78 is 5.23. The second-order valence-electron chi connectivity index (χ2n) is 9.04. The fraction of sp³-hybridized carbons (Fsp3) is 0.241. The van der Waals surface area contributed by atoms with E-state index in [-0.39, 0.29) is 0 Å². The standard InChI is InChI=1S/C11H16N.3C6H5.Pb/c1-12-8-6-11(7-9-12)10-4-2-3-5-10;3*1-2-4-6-5-3-1;/h2-5,11H,6-9H2,1H3;3*1-5H;. The van der Waals surface area contributed by atoms with Crippen molar-refractivity contribution in [3.63, 3.8) is 0 Å². The zero-order valence-electron chi connectivity index (χ0n) is 18.3. The molecule has 31 heavy (non-hydrogen) atoms. The van der Waals surface area contributed by atoms with E-state index < -0.39 is 21.2 Å². The molecule has 1 unspecified atom stereocenters. The topological polar surface area (TPSA) is 3.24 Å². The molecule has 1 saturated heterocycles. The molecule has 2 aliphatic rings. The van der Waals surface area contributed by atoms with Gasteiger partial charge in [-0.25, -0.2) is 0 Å². The Kier molecular flexibility index (Phi) is 6.24. The molecule has 0 radical (unpaired) electrons. The summed E-state index contributed by atoms with van der Waals surface area (Å²) in [5.41, 5.74) is 1.59. The molecule has 5 rings (SSSR count). The van der Waals surface area contributed by atoms with Crippen molar-refractivity contribution in [3.8, 4) is 0 Å². The van der Waals surface area contributed by atoms with Gasteiger partial charge in [-0.05, 0) is 0 Å². The molecule has 1 atom stereocenters. The number of allylic oxidation sites excluding steroid dienone is 4. The number of likely N-dealkylation sites (tertiary alicyclic amines) is 1. The van der Waals surface area contributed by atoms with Crippen molar-refractivity contribution >= 4 is 30.5 Å². The minimum absolute atomic E-state index is 0.509. The van der Waals surface area contributed by atoms with Gasteiger partial charge in [0.2, 0.25) is 0 Å². The Bertz CT molecular complexity index is 951. The Balaban J connectivity index is 1.67. The first-order valence-electron chi connectivity index (χ1n) is 11.5. The maximum atomic E-state index is 2.67. The van der Waals surface area contributed by atoms with Crippen LogP contribution in [0.2, 0.25) is 3.48 Å². The number of rotatable bonds is 5. The minimum atomic E-state index is -3.51. The fourth-order valence-electron chi connectivity index (χ4n) is 5.60. The molecule has 1 heterocycles. The molecule has 0 bridgehead atoms. The van der Waals surface area contributed by atoms with Crippen molar-refractivity contribution in [1.29, 1.82) is 0 Å². The van der Waals surface area contributed by atoms with Gasteiger partial charge < -0.3 is 0 Å². The van der Waals surface area contributed by atoms with E-state index in [0.29, 0.717) is 9.40 Å². The first kappa shape index (κ1) is 20.9. The van der Waals surface area contributed by atoms with E-state index in [1.165, 1.54) is 25.9 Å². The number of benzene rings is 3. The van der Waals surface area contributed by atoms with E-state index >= 15 is 0 Å². The van der Waals surface area contributed by atoms with Crippen LogP contribution in [0.3, 0.4) is 0 Å². The van der Waals surface area contributed by atoms with Crippen LogP contribution in [0.15, 0.2) is 115 Å². The van der Waals surface area contributed by atoms with E-state index in [0.717, 1.165) is 0 Å². The molecule has 0 saturated carbocycles. The van der Waals surface area contributed by atoms with Gasteiger partial charge in [0.05, 0.1) is 0 Å². The third-order valence-electron chi connectivity index (χ3n) is 7.25. The van der Waals surface area contributed by atoms with Crippen molar-refractivity contribution in [2.24, 2.45) is 5.92 Å². The van der Waals surface area contributed by atoms with Gasteiger partial charge in [0.1, 0.15) is 0 Å². The molecular formula is C29H31NPb. The Labute approximate surface area is 191 Å². The van der Waals surface area contributed by atoms with Crippen LogP contribution in [0.1, 0.15) is 12.8 Å². The van der Waals surface area contributed by atoms with Crippen LogP contribution in [0, 0.1) is 5.92 Å². The van der Waals surface area contributed by atoms with E-state index in [1.54, 1.807) is 14.9 Å². The quantitative estimate of drug-likeness (QED) is 0.394. The van der Waals surface area contributed by atoms with Crippen LogP contribution in [0.25, 0.3) is 0 Å². The summed E-state index contributed by atoms with van der Waals surface area (Å²) in [6, 6.07) is 34.3. The van der Waals surface area contributed by atoms with E-state index in [1.807, 2.05) is 0 Å². The van der Waals surface area contributed by atoms with Gasteiger partial charge in [0, 0.05) is 0 Å².